The quantitative estimate of drug-likeness (QED) is 0.863. The first-order valence-corrected chi connectivity index (χ1v) is 8.29. The zero-order valence-electron chi connectivity index (χ0n) is 14.4. The van der Waals surface area contributed by atoms with Gasteiger partial charge in [0.1, 0.15) is 11.6 Å². The Labute approximate surface area is 142 Å². The fourth-order valence-electron chi connectivity index (χ4n) is 2.94. The van der Waals surface area contributed by atoms with Gasteiger partial charge < -0.3 is 19.0 Å². The van der Waals surface area contributed by atoms with Crippen molar-refractivity contribution < 1.29 is 13.9 Å². The van der Waals surface area contributed by atoms with Gasteiger partial charge in [-0.3, -0.25) is 4.79 Å². The number of ether oxygens (including phenoxy) is 1. The summed E-state index contributed by atoms with van der Waals surface area (Å²) >= 11 is 0. The molecule has 3 rings (SSSR count). The molecule has 1 amide bonds. The second-order valence-corrected chi connectivity index (χ2v) is 5.92. The number of hydrogen-bond acceptors (Lipinski definition) is 5. The molecular weight excluding hydrogens is 306 g/mol. The van der Waals surface area contributed by atoms with E-state index in [2.05, 4.69) is 9.88 Å². The first-order valence-electron chi connectivity index (χ1n) is 8.29. The number of nitrogens with zero attached hydrogens (tertiary/aromatic N) is 3. The Morgan fingerprint density at radius 2 is 2.00 bits per heavy atom. The van der Waals surface area contributed by atoms with Gasteiger partial charge in [0.15, 0.2) is 5.76 Å². The molecule has 1 saturated heterocycles. The zero-order valence-corrected chi connectivity index (χ0v) is 14.4. The number of rotatable bonds is 4. The van der Waals surface area contributed by atoms with E-state index in [9.17, 15) is 4.79 Å². The lowest BCUT2D eigenvalue weighted by Crippen LogP contribution is -2.49. The number of hydrogen-bond donors (Lipinski definition) is 0. The lowest BCUT2D eigenvalue weighted by atomic mass is 10.2. The van der Waals surface area contributed by atoms with Gasteiger partial charge >= 0.3 is 0 Å². The number of anilines is 1. The molecule has 1 fully saturated rings. The number of aryl methyl sites for hydroxylation is 2. The van der Waals surface area contributed by atoms with Crippen molar-refractivity contribution in [2.75, 3.05) is 37.7 Å². The molecule has 0 spiro atoms. The number of carbonyl (C=O) groups is 1. The fraction of sp³-hybridized carbons (Fsp3) is 0.444. The SMILES string of the molecule is CCOc1cccc(N2CCN(C(=O)c3oc(C)cc3C)CC2)n1. The molecule has 6 heteroatoms. The Morgan fingerprint density at radius 1 is 1.25 bits per heavy atom. The molecular formula is C18H23N3O3. The van der Waals surface area contributed by atoms with Crippen LogP contribution in [0.2, 0.25) is 0 Å². The molecule has 2 aromatic heterocycles. The average Bonchev–Trinajstić information content (AvgIpc) is 2.93. The van der Waals surface area contributed by atoms with Crippen LogP contribution in [-0.2, 0) is 0 Å². The van der Waals surface area contributed by atoms with E-state index in [0.717, 1.165) is 30.2 Å². The van der Waals surface area contributed by atoms with Crippen molar-refractivity contribution in [3.63, 3.8) is 0 Å². The van der Waals surface area contributed by atoms with E-state index in [0.29, 0.717) is 31.3 Å². The smallest absolute Gasteiger partial charge is 0.289 e. The number of amides is 1. The van der Waals surface area contributed by atoms with E-state index >= 15 is 0 Å². The normalized spacial score (nSPS) is 14.8. The second-order valence-electron chi connectivity index (χ2n) is 5.92. The molecule has 0 aliphatic carbocycles. The second kappa shape index (κ2) is 6.95. The third-order valence-electron chi connectivity index (χ3n) is 4.13. The first kappa shape index (κ1) is 16.4. The predicted octanol–water partition coefficient (Wildman–Crippen LogP) is 2.65. The minimum absolute atomic E-state index is 0.0312. The van der Waals surface area contributed by atoms with Crippen molar-refractivity contribution in [3.8, 4) is 5.88 Å². The largest absolute Gasteiger partial charge is 0.478 e. The number of pyridine rings is 1. The van der Waals surface area contributed by atoms with Crippen LogP contribution in [0.1, 0.15) is 28.8 Å². The Bertz CT molecular complexity index is 718. The molecule has 3 heterocycles. The highest BCUT2D eigenvalue weighted by Gasteiger charge is 2.26. The summed E-state index contributed by atoms with van der Waals surface area (Å²) in [6, 6.07) is 7.67. The fourth-order valence-corrected chi connectivity index (χ4v) is 2.94. The third kappa shape index (κ3) is 3.37. The van der Waals surface area contributed by atoms with E-state index in [1.807, 2.05) is 49.9 Å². The molecule has 2 aromatic rings. The summed E-state index contributed by atoms with van der Waals surface area (Å²) in [6.07, 6.45) is 0. The predicted molar refractivity (Wildman–Crippen MR) is 91.7 cm³/mol. The number of aromatic nitrogens is 1. The van der Waals surface area contributed by atoms with Gasteiger partial charge in [0.25, 0.3) is 5.91 Å². The van der Waals surface area contributed by atoms with Crippen molar-refractivity contribution in [2.45, 2.75) is 20.8 Å². The molecule has 24 heavy (non-hydrogen) atoms. The van der Waals surface area contributed by atoms with E-state index < -0.39 is 0 Å². The highest BCUT2D eigenvalue weighted by Crippen LogP contribution is 2.20. The maximum atomic E-state index is 12.6. The van der Waals surface area contributed by atoms with Gasteiger partial charge in [-0.25, -0.2) is 0 Å². The topological polar surface area (TPSA) is 58.8 Å². The summed E-state index contributed by atoms with van der Waals surface area (Å²) in [5, 5.41) is 0. The summed E-state index contributed by atoms with van der Waals surface area (Å²) in [7, 11) is 0. The molecule has 0 unspecified atom stereocenters. The van der Waals surface area contributed by atoms with Crippen molar-refractivity contribution in [1.29, 1.82) is 0 Å². The number of piperazine rings is 1. The lowest BCUT2D eigenvalue weighted by Gasteiger charge is -2.35. The standard InChI is InChI=1S/C18H23N3O3/c1-4-23-16-7-5-6-15(19-16)20-8-10-21(11-9-20)18(22)17-13(2)12-14(3)24-17/h5-7,12H,4,8-11H2,1-3H3. The van der Waals surface area contributed by atoms with Gasteiger partial charge in [0, 0.05) is 37.8 Å². The maximum absolute atomic E-state index is 12.6. The molecule has 0 N–H and O–H groups in total. The van der Waals surface area contributed by atoms with Gasteiger partial charge in [-0.05, 0) is 32.9 Å². The Hall–Kier alpha value is -2.50. The van der Waals surface area contributed by atoms with Gasteiger partial charge in [-0.15, -0.1) is 0 Å². The number of furan rings is 1. The molecule has 0 bridgehead atoms. The van der Waals surface area contributed by atoms with E-state index in [1.165, 1.54) is 0 Å². The van der Waals surface area contributed by atoms with Gasteiger partial charge in [0.2, 0.25) is 5.88 Å². The summed E-state index contributed by atoms with van der Waals surface area (Å²) in [6.45, 7) is 9.09. The molecule has 0 radical (unpaired) electrons. The zero-order chi connectivity index (χ0) is 17.1. The molecule has 1 aliphatic rings. The molecule has 0 saturated carbocycles. The Balaban J connectivity index is 1.64. The van der Waals surface area contributed by atoms with Crippen LogP contribution in [0, 0.1) is 13.8 Å². The highest BCUT2D eigenvalue weighted by molar-refractivity contribution is 5.93. The van der Waals surface area contributed by atoms with Crippen LogP contribution in [0.15, 0.2) is 28.7 Å². The van der Waals surface area contributed by atoms with Crippen molar-refractivity contribution >= 4 is 11.7 Å². The molecule has 1 aliphatic heterocycles. The van der Waals surface area contributed by atoms with E-state index in [4.69, 9.17) is 9.15 Å². The Morgan fingerprint density at radius 3 is 2.62 bits per heavy atom. The summed E-state index contributed by atoms with van der Waals surface area (Å²) < 4.78 is 11.0. The van der Waals surface area contributed by atoms with Crippen molar-refractivity contribution in [1.82, 2.24) is 9.88 Å². The van der Waals surface area contributed by atoms with Crippen molar-refractivity contribution in [2.24, 2.45) is 0 Å². The number of carbonyl (C=O) groups excluding carboxylic acids is 1. The van der Waals surface area contributed by atoms with Gasteiger partial charge in [-0.1, -0.05) is 6.07 Å². The Kier molecular flexibility index (Phi) is 4.74. The summed E-state index contributed by atoms with van der Waals surface area (Å²) in [5.41, 5.74) is 0.894. The van der Waals surface area contributed by atoms with E-state index in [1.54, 1.807) is 0 Å². The summed E-state index contributed by atoms with van der Waals surface area (Å²) in [4.78, 5) is 21.1. The van der Waals surface area contributed by atoms with Gasteiger partial charge in [0.05, 0.1) is 6.61 Å². The van der Waals surface area contributed by atoms with Crippen LogP contribution in [0.5, 0.6) is 5.88 Å². The molecule has 0 aromatic carbocycles. The van der Waals surface area contributed by atoms with Crippen LogP contribution in [0.25, 0.3) is 0 Å². The molecule has 6 nitrogen and oxygen atoms in total. The molecule has 0 atom stereocenters. The van der Waals surface area contributed by atoms with Crippen LogP contribution < -0.4 is 9.64 Å². The first-order chi connectivity index (χ1) is 11.6. The van der Waals surface area contributed by atoms with Crippen LogP contribution >= 0.6 is 0 Å². The van der Waals surface area contributed by atoms with Crippen LogP contribution in [-0.4, -0.2) is 48.6 Å². The minimum atomic E-state index is -0.0312. The average molecular weight is 329 g/mol. The van der Waals surface area contributed by atoms with Crippen molar-refractivity contribution in [3.05, 3.63) is 41.3 Å². The molecule has 128 valence electrons. The van der Waals surface area contributed by atoms with E-state index in [-0.39, 0.29) is 5.91 Å². The van der Waals surface area contributed by atoms with Crippen LogP contribution in [0.4, 0.5) is 5.82 Å². The lowest BCUT2D eigenvalue weighted by molar-refractivity contribution is 0.0712. The third-order valence-corrected chi connectivity index (χ3v) is 4.13. The van der Waals surface area contributed by atoms with Gasteiger partial charge in [-0.2, -0.15) is 4.98 Å². The minimum Gasteiger partial charge on any atom is -0.478 e. The highest BCUT2D eigenvalue weighted by atomic mass is 16.5. The monoisotopic (exact) mass is 329 g/mol. The summed E-state index contributed by atoms with van der Waals surface area (Å²) in [5.74, 6) is 2.72. The van der Waals surface area contributed by atoms with Crippen LogP contribution in [0.3, 0.4) is 0 Å². The maximum Gasteiger partial charge on any atom is 0.289 e.